The minimum Gasteiger partial charge on any atom is -0.444 e. The molecule has 0 aromatic rings. The van der Waals surface area contributed by atoms with Gasteiger partial charge in [-0.25, -0.2) is 4.79 Å². The molecule has 2 saturated heterocycles. The van der Waals surface area contributed by atoms with Crippen molar-refractivity contribution < 1.29 is 9.53 Å². The third kappa shape index (κ3) is 2.94. The molecule has 2 aliphatic rings. The molecule has 3 unspecified atom stereocenters. The van der Waals surface area contributed by atoms with Crippen LogP contribution >= 0.6 is 12.6 Å². The number of likely N-dealkylation sites (tertiary alicyclic amines) is 1. The lowest BCUT2D eigenvalue weighted by atomic mass is 10.2. The zero-order valence-electron chi connectivity index (χ0n) is 11.7. The Hall–Kier alpha value is -0.420. The molecular formula is C13H24N2O2S. The van der Waals surface area contributed by atoms with Gasteiger partial charge < -0.3 is 4.74 Å². The molecule has 18 heavy (non-hydrogen) atoms. The zero-order chi connectivity index (χ0) is 13.5. The topological polar surface area (TPSA) is 32.8 Å². The van der Waals surface area contributed by atoms with Crippen molar-refractivity contribution >= 4 is 18.7 Å². The first-order valence-electron chi connectivity index (χ1n) is 6.71. The van der Waals surface area contributed by atoms with Crippen molar-refractivity contribution in [2.75, 3.05) is 13.1 Å². The molecule has 0 aromatic carbocycles. The number of amides is 1. The van der Waals surface area contributed by atoms with Crippen molar-refractivity contribution in [3.05, 3.63) is 0 Å². The molecule has 0 radical (unpaired) electrons. The molecule has 0 spiro atoms. The van der Waals surface area contributed by atoms with E-state index in [1.54, 1.807) is 0 Å². The maximum atomic E-state index is 12.2. The van der Waals surface area contributed by atoms with E-state index in [4.69, 9.17) is 4.74 Å². The fraction of sp³-hybridized carbons (Fsp3) is 0.923. The molecule has 0 aliphatic carbocycles. The van der Waals surface area contributed by atoms with Gasteiger partial charge in [-0.2, -0.15) is 12.6 Å². The standard InChI is InChI=1S/C13H24N2O2S/c1-9(18)14-7-10-5-6-11(8-14)15(10)12(16)17-13(2,3)4/h9-11,18H,5-8H2,1-4H3. The lowest BCUT2D eigenvalue weighted by molar-refractivity contribution is -0.00509. The first-order valence-corrected chi connectivity index (χ1v) is 7.23. The summed E-state index contributed by atoms with van der Waals surface area (Å²) < 4.78 is 5.50. The van der Waals surface area contributed by atoms with Gasteiger partial charge in [0.1, 0.15) is 5.60 Å². The molecule has 2 heterocycles. The summed E-state index contributed by atoms with van der Waals surface area (Å²) in [5, 5.41) is 0.258. The number of ether oxygens (including phenoxy) is 1. The molecule has 2 aliphatic heterocycles. The lowest BCUT2D eigenvalue weighted by Gasteiger charge is -2.42. The molecule has 2 rings (SSSR count). The quantitative estimate of drug-likeness (QED) is 0.744. The van der Waals surface area contributed by atoms with Crippen molar-refractivity contribution in [3.63, 3.8) is 0 Å². The molecule has 0 N–H and O–H groups in total. The molecule has 1 amide bonds. The van der Waals surface area contributed by atoms with Crippen LogP contribution in [0.1, 0.15) is 40.5 Å². The van der Waals surface area contributed by atoms with Crippen LogP contribution in [0.2, 0.25) is 0 Å². The molecule has 3 atom stereocenters. The Morgan fingerprint density at radius 1 is 1.28 bits per heavy atom. The van der Waals surface area contributed by atoms with E-state index in [-0.39, 0.29) is 11.5 Å². The third-order valence-corrected chi connectivity index (χ3v) is 3.97. The average molecular weight is 272 g/mol. The molecule has 5 heteroatoms. The van der Waals surface area contributed by atoms with Crippen molar-refractivity contribution in [3.8, 4) is 0 Å². The summed E-state index contributed by atoms with van der Waals surface area (Å²) in [6.07, 6.45) is 2.02. The maximum absolute atomic E-state index is 12.2. The second-order valence-electron chi connectivity index (χ2n) is 6.36. The number of carbonyl (C=O) groups excluding carboxylic acids is 1. The van der Waals surface area contributed by atoms with Crippen molar-refractivity contribution in [1.29, 1.82) is 0 Å². The Labute approximate surface area is 115 Å². The van der Waals surface area contributed by atoms with Crippen LogP contribution in [0.4, 0.5) is 4.79 Å². The SMILES string of the molecule is CC(S)N1CC2CCC(C1)N2C(=O)OC(C)(C)C. The lowest BCUT2D eigenvalue weighted by Crippen LogP contribution is -2.57. The number of hydrogen-bond acceptors (Lipinski definition) is 4. The van der Waals surface area contributed by atoms with Gasteiger partial charge >= 0.3 is 6.09 Å². The Morgan fingerprint density at radius 2 is 1.78 bits per heavy atom. The van der Waals surface area contributed by atoms with Gasteiger partial charge in [-0.3, -0.25) is 9.80 Å². The maximum Gasteiger partial charge on any atom is 0.410 e. The van der Waals surface area contributed by atoms with Crippen LogP contribution in [0.3, 0.4) is 0 Å². The Kier molecular flexibility index (Phi) is 3.83. The van der Waals surface area contributed by atoms with Gasteiger partial charge in [0.25, 0.3) is 0 Å². The summed E-state index contributed by atoms with van der Waals surface area (Å²) in [5.74, 6) is 0. The summed E-state index contributed by atoms with van der Waals surface area (Å²) in [4.78, 5) is 16.5. The van der Waals surface area contributed by atoms with E-state index in [2.05, 4.69) is 24.5 Å². The van der Waals surface area contributed by atoms with Gasteiger partial charge in [-0.1, -0.05) is 0 Å². The van der Waals surface area contributed by atoms with Crippen molar-refractivity contribution in [1.82, 2.24) is 9.80 Å². The zero-order valence-corrected chi connectivity index (χ0v) is 12.6. The fourth-order valence-electron chi connectivity index (χ4n) is 2.85. The van der Waals surface area contributed by atoms with Crippen LogP contribution in [0.15, 0.2) is 0 Å². The van der Waals surface area contributed by atoms with Crippen LogP contribution in [0, 0.1) is 0 Å². The number of rotatable bonds is 1. The van der Waals surface area contributed by atoms with Crippen LogP contribution < -0.4 is 0 Å². The van der Waals surface area contributed by atoms with Gasteiger partial charge in [0.2, 0.25) is 0 Å². The predicted molar refractivity (Wildman–Crippen MR) is 74.9 cm³/mol. The molecular weight excluding hydrogens is 248 g/mol. The Balaban J connectivity index is 2.02. The average Bonchev–Trinajstić information content (AvgIpc) is 2.47. The first kappa shape index (κ1) is 14.0. The van der Waals surface area contributed by atoms with E-state index in [1.807, 2.05) is 25.7 Å². The molecule has 2 fully saturated rings. The van der Waals surface area contributed by atoms with E-state index in [9.17, 15) is 4.79 Å². The minimum atomic E-state index is -0.412. The summed E-state index contributed by atoms with van der Waals surface area (Å²) in [5.41, 5.74) is -0.412. The fourth-order valence-corrected chi connectivity index (χ4v) is 3.04. The number of hydrogen-bond donors (Lipinski definition) is 1. The van der Waals surface area contributed by atoms with Gasteiger partial charge in [0.05, 0.1) is 5.37 Å². The highest BCUT2D eigenvalue weighted by Crippen LogP contribution is 2.32. The normalized spacial score (nSPS) is 30.4. The highest BCUT2D eigenvalue weighted by atomic mass is 32.1. The summed E-state index contributed by atoms with van der Waals surface area (Å²) in [6, 6.07) is 0.599. The van der Waals surface area contributed by atoms with E-state index < -0.39 is 5.60 Å². The van der Waals surface area contributed by atoms with Gasteiger partial charge in [-0.15, -0.1) is 0 Å². The minimum absolute atomic E-state index is 0.151. The predicted octanol–water partition coefficient (Wildman–Crippen LogP) is 2.35. The second-order valence-corrected chi connectivity index (χ2v) is 7.11. The smallest absolute Gasteiger partial charge is 0.410 e. The molecule has 0 aromatic heterocycles. The van der Waals surface area contributed by atoms with Gasteiger partial charge in [-0.05, 0) is 40.5 Å². The molecule has 0 saturated carbocycles. The summed E-state index contributed by atoms with van der Waals surface area (Å²) >= 11 is 4.49. The number of piperazine rings is 1. The van der Waals surface area contributed by atoms with Crippen LogP contribution in [-0.2, 0) is 4.74 Å². The highest BCUT2D eigenvalue weighted by Gasteiger charge is 2.44. The molecule has 4 nitrogen and oxygen atoms in total. The van der Waals surface area contributed by atoms with E-state index in [0.29, 0.717) is 12.1 Å². The molecule has 104 valence electrons. The van der Waals surface area contributed by atoms with E-state index in [1.165, 1.54) is 0 Å². The monoisotopic (exact) mass is 272 g/mol. The summed E-state index contributed by atoms with van der Waals surface area (Å²) in [6.45, 7) is 9.67. The third-order valence-electron chi connectivity index (χ3n) is 3.64. The largest absolute Gasteiger partial charge is 0.444 e. The van der Waals surface area contributed by atoms with Crippen molar-refractivity contribution in [2.45, 2.75) is 63.6 Å². The Bertz CT molecular complexity index is 313. The van der Waals surface area contributed by atoms with Gasteiger partial charge in [0, 0.05) is 25.2 Å². The van der Waals surface area contributed by atoms with E-state index >= 15 is 0 Å². The highest BCUT2D eigenvalue weighted by molar-refractivity contribution is 7.80. The number of fused-ring (bicyclic) bond motifs is 2. The summed E-state index contributed by atoms with van der Waals surface area (Å²) in [7, 11) is 0. The van der Waals surface area contributed by atoms with Crippen molar-refractivity contribution in [2.24, 2.45) is 0 Å². The van der Waals surface area contributed by atoms with Crippen LogP contribution in [-0.4, -0.2) is 52.0 Å². The number of carbonyl (C=O) groups is 1. The Morgan fingerprint density at radius 3 is 2.17 bits per heavy atom. The second kappa shape index (κ2) is 4.93. The van der Waals surface area contributed by atoms with Gasteiger partial charge in [0.15, 0.2) is 0 Å². The van der Waals surface area contributed by atoms with Crippen LogP contribution in [0.5, 0.6) is 0 Å². The first-order chi connectivity index (χ1) is 8.28. The van der Waals surface area contributed by atoms with Crippen LogP contribution in [0.25, 0.3) is 0 Å². The molecule has 2 bridgehead atoms. The van der Waals surface area contributed by atoms with E-state index in [0.717, 1.165) is 25.9 Å². The number of nitrogens with zero attached hydrogens (tertiary/aromatic N) is 2. The number of thiol groups is 1.